The van der Waals surface area contributed by atoms with Gasteiger partial charge in [-0.15, -0.1) is 0 Å². The lowest BCUT2D eigenvalue weighted by atomic mass is 10.0. The van der Waals surface area contributed by atoms with Crippen LogP contribution in [0.2, 0.25) is 0 Å². The number of para-hydroxylation sites is 1. The van der Waals surface area contributed by atoms with Crippen LogP contribution in [0.25, 0.3) is 11.1 Å². The molecule has 0 unspecified atom stereocenters. The molecule has 0 heterocycles. The molecule has 0 fully saturated rings. The minimum Gasteiger partial charge on any atom is -0.324 e. The molecule has 4 aromatic rings. The Balaban J connectivity index is 1.60. The Morgan fingerprint density at radius 2 is 1.24 bits per heavy atom. The number of carbonyl (C=O) groups excluding carboxylic acids is 1. The lowest BCUT2D eigenvalue weighted by Gasteiger charge is -2.22. The van der Waals surface area contributed by atoms with Gasteiger partial charge in [-0.25, -0.2) is 8.42 Å². The highest BCUT2D eigenvalue weighted by atomic mass is 32.2. The fourth-order valence-electron chi connectivity index (χ4n) is 3.57. The molecule has 33 heavy (non-hydrogen) atoms. The van der Waals surface area contributed by atoms with Crippen LogP contribution in [0, 0.1) is 0 Å². The number of carbonyl (C=O) groups is 1. The quantitative estimate of drug-likeness (QED) is 0.397. The van der Waals surface area contributed by atoms with Crippen molar-refractivity contribution < 1.29 is 13.2 Å². The third kappa shape index (κ3) is 5.55. The number of benzene rings is 4. The monoisotopic (exact) mass is 456 g/mol. The van der Waals surface area contributed by atoms with E-state index in [1.54, 1.807) is 18.2 Å². The molecule has 0 aromatic heterocycles. The second kappa shape index (κ2) is 10.3. The molecule has 5 nitrogen and oxygen atoms in total. The highest BCUT2D eigenvalue weighted by Crippen LogP contribution is 2.27. The van der Waals surface area contributed by atoms with Crippen molar-refractivity contribution >= 4 is 21.6 Å². The summed E-state index contributed by atoms with van der Waals surface area (Å²) in [7, 11) is -3.88. The van der Waals surface area contributed by atoms with Crippen LogP contribution in [0.3, 0.4) is 0 Å². The summed E-state index contributed by atoms with van der Waals surface area (Å²) >= 11 is 0. The van der Waals surface area contributed by atoms with Crippen LogP contribution in [0.4, 0.5) is 5.69 Å². The Labute approximate surface area is 194 Å². The first kappa shape index (κ1) is 22.5. The van der Waals surface area contributed by atoms with Gasteiger partial charge in [0.25, 0.3) is 0 Å². The third-order valence-electron chi connectivity index (χ3n) is 5.19. The van der Waals surface area contributed by atoms with Gasteiger partial charge in [0.15, 0.2) is 0 Å². The van der Waals surface area contributed by atoms with Crippen molar-refractivity contribution in [2.24, 2.45) is 0 Å². The molecule has 0 atom stereocenters. The van der Waals surface area contributed by atoms with Crippen molar-refractivity contribution in [1.82, 2.24) is 4.31 Å². The molecule has 0 spiro atoms. The van der Waals surface area contributed by atoms with E-state index in [0.29, 0.717) is 5.69 Å². The maximum absolute atomic E-state index is 13.4. The molecule has 0 aliphatic heterocycles. The largest absolute Gasteiger partial charge is 0.324 e. The molecule has 0 saturated heterocycles. The van der Waals surface area contributed by atoms with Crippen LogP contribution in [-0.4, -0.2) is 25.2 Å². The third-order valence-corrected chi connectivity index (χ3v) is 6.99. The maximum Gasteiger partial charge on any atom is 0.243 e. The topological polar surface area (TPSA) is 66.5 Å². The zero-order chi connectivity index (χ0) is 23.1. The maximum atomic E-state index is 13.4. The Kier molecular flexibility index (Phi) is 6.98. The van der Waals surface area contributed by atoms with E-state index in [9.17, 15) is 13.2 Å². The summed E-state index contributed by atoms with van der Waals surface area (Å²) in [5, 5.41) is 2.90. The molecular formula is C27H24N2O3S. The minimum absolute atomic E-state index is 0.0891. The van der Waals surface area contributed by atoms with E-state index < -0.39 is 15.9 Å². The Bertz CT molecular complexity index is 1310. The lowest BCUT2D eigenvalue weighted by Crippen LogP contribution is -2.37. The van der Waals surface area contributed by atoms with E-state index in [0.717, 1.165) is 16.7 Å². The van der Waals surface area contributed by atoms with E-state index in [1.807, 2.05) is 84.9 Å². The molecule has 0 saturated carbocycles. The molecular weight excluding hydrogens is 432 g/mol. The molecule has 0 aliphatic rings. The predicted molar refractivity (Wildman–Crippen MR) is 131 cm³/mol. The molecule has 0 bridgehead atoms. The van der Waals surface area contributed by atoms with E-state index in [2.05, 4.69) is 5.32 Å². The van der Waals surface area contributed by atoms with Gasteiger partial charge >= 0.3 is 0 Å². The van der Waals surface area contributed by atoms with Crippen molar-refractivity contribution in [3.05, 3.63) is 121 Å². The normalized spacial score (nSPS) is 11.3. The summed E-state index contributed by atoms with van der Waals surface area (Å²) in [5.41, 5.74) is 3.26. The van der Waals surface area contributed by atoms with Gasteiger partial charge in [0.2, 0.25) is 15.9 Å². The number of anilines is 1. The number of nitrogens with zero attached hydrogens (tertiary/aromatic N) is 1. The van der Waals surface area contributed by atoms with Crippen LogP contribution in [0.5, 0.6) is 0 Å². The Hall–Kier alpha value is -3.74. The number of rotatable bonds is 8. The summed E-state index contributed by atoms with van der Waals surface area (Å²) in [6.45, 7) is -0.221. The lowest BCUT2D eigenvalue weighted by molar-refractivity contribution is -0.116. The van der Waals surface area contributed by atoms with E-state index in [4.69, 9.17) is 0 Å². The standard InChI is InChI=1S/C27H24N2O3S/c30-27(28-26-19-11-10-18-25(26)23-14-6-2-7-15-23)21-29(20-22-12-4-1-5-13-22)33(31,32)24-16-8-3-9-17-24/h1-19H,20-21H2,(H,28,30). The summed E-state index contributed by atoms with van der Waals surface area (Å²) in [4.78, 5) is 13.2. The van der Waals surface area contributed by atoms with Gasteiger partial charge in [-0.05, 0) is 29.3 Å². The van der Waals surface area contributed by atoms with Gasteiger partial charge in [0.05, 0.1) is 11.4 Å². The summed E-state index contributed by atoms with van der Waals surface area (Å²) in [5.74, 6) is -0.409. The summed E-state index contributed by atoms with van der Waals surface area (Å²) < 4.78 is 27.9. The SMILES string of the molecule is O=C(CN(Cc1ccccc1)S(=O)(=O)c1ccccc1)Nc1ccccc1-c1ccccc1. The van der Waals surface area contributed by atoms with Crippen LogP contribution in [0.1, 0.15) is 5.56 Å². The molecule has 4 rings (SSSR count). The molecule has 6 heteroatoms. The van der Waals surface area contributed by atoms with Gasteiger partial charge < -0.3 is 5.32 Å². The average Bonchev–Trinajstić information content (AvgIpc) is 2.86. The predicted octanol–water partition coefficient (Wildman–Crippen LogP) is 5.18. The summed E-state index contributed by atoms with van der Waals surface area (Å²) in [6.07, 6.45) is 0. The fourth-order valence-corrected chi connectivity index (χ4v) is 4.97. The second-order valence-corrected chi connectivity index (χ2v) is 9.47. The zero-order valence-electron chi connectivity index (χ0n) is 18.0. The average molecular weight is 457 g/mol. The molecule has 4 aromatic carbocycles. The molecule has 1 amide bonds. The second-order valence-electron chi connectivity index (χ2n) is 7.53. The molecule has 0 radical (unpaired) electrons. The number of hydrogen-bond acceptors (Lipinski definition) is 3. The molecule has 166 valence electrons. The van der Waals surface area contributed by atoms with E-state index in [1.165, 1.54) is 16.4 Å². The molecule has 1 N–H and O–H groups in total. The number of hydrogen-bond donors (Lipinski definition) is 1. The van der Waals surface area contributed by atoms with Crippen LogP contribution in [0.15, 0.2) is 120 Å². The minimum atomic E-state index is -3.88. The summed E-state index contributed by atoms with van der Waals surface area (Å²) in [6, 6.07) is 34.6. The van der Waals surface area contributed by atoms with Crippen molar-refractivity contribution in [2.75, 3.05) is 11.9 Å². The van der Waals surface area contributed by atoms with Crippen molar-refractivity contribution in [3.8, 4) is 11.1 Å². The first-order valence-corrected chi connectivity index (χ1v) is 12.0. The van der Waals surface area contributed by atoms with Gasteiger partial charge in [0, 0.05) is 17.8 Å². The van der Waals surface area contributed by atoms with Gasteiger partial charge in [-0.2, -0.15) is 4.31 Å². The highest BCUT2D eigenvalue weighted by Gasteiger charge is 2.27. The first-order chi connectivity index (χ1) is 16.0. The smallest absolute Gasteiger partial charge is 0.243 e. The van der Waals surface area contributed by atoms with Crippen LogP contribution >= 0.6 is 0 Å². The van der Waals surface area contributed by atoms with E-state index >= 15 is 0 Å². The van der Waals surface area contributed by atoms with Gasteiger partial charge in [-0.3, -0.25) is 4.79 Å². The first-order valence-electron chi connectivity index (χ1n) is 10.6. The molecule has 0 aliphatic carbocycles. The van der Waals surface area contributed by atoms with Crippen molar-refractivity contribution in [3.63, 3.8) is 0 Å². The van der Waals surface area contributed by atoms with Gasteiger partial charge in [-0.1, -0.05) is 97.1 Å². The zero-order valence-corrected chi connectivity index (χ0v) is 18.8. The van der Waals surface area contributed by atoms with Crippen molar-refractivity contribution in [1.29, 1.82) is 0 Å². The highest BCUT2D eigenvalue weighted by molar-refractivity contribution is 7.89. The van der Waals surface area contributed by atoms with Crippen molar-refractivity contribution in [2.45, 2.75) is 11.4 Å². The number of amides is 1. The van der Waals surface area contributed by atoms with Crippen LogP contribution in [-0.2, 0) is 21.4 Å². The van der Waals surface area contributed by atoms with Gasteiger partial charge in [0.1, 0.15) is 0 Å². The van der Waals surface area contributed by atoms with E-state index in [-0.39, 0.29) is 18.0 Å². The fraction of sp³-hybridized carbons (Fsp3) is 0.0741. The number of sulfonamides is 1. The Morgan fingerprint density at radius 1 is 0.697 bits per heavy atom. The Morgan fingerprint density at radius 3 is 1.91 bits per heavy atom. The number of nitrogens with one attached hydrogen (secondary N) is 1. The van der Waals surface area contributed by atoms with Crippen LogP contribution < -0.4 is 5.32 Å².